The number of hydrogen-bond acceptors (Lipinski definition) is 4. The van der Waals surface area contributed by atoms with Crippen LogP contribution in [0.5, 0.6) is 0 Å². The molecule has 1 aromatic rings. The van der Waals surface area contributed by atoms with Crippen LogP contribution in [0.1, 0.15) is 51.4 Å². The summed E-state index contributed by atoms with van der Waals surface area (Å²) in [6.07, 6.45) is 3.85. The Morgan fingerprint density at radius 2 is 2.28 bits per heavy atom. The van der Waals surface area contributed by atoms with E-state index in [1.165, 1.54) is 0 Å². The van der Waals surface area contributed by atoms with Gasteiger partial charge in [-0.2, -0.15) is 5.10 Å². The predicted octanol–water partition coefficient (Wildman–Crippen LogP) is 2.34. The average molecular weight is 271 g/mol. The minimum absolute atomic E-state index is 0.0539. The molecule has 2 rings (SSSR count). The lowest BCUT2D eigenvalue weighted by molar-refractivity contribution is -0.0994. The van der Waals surface area contributed by atoms with Crippen molar-refractivity contribution in [3.05, 3.63) is 10.6 Å². The Morgan fingerprint density at radius 1 is 1.56 bits per heavy atom. The third kappa shape index (κ3) is 2.37. The average Bonchev–Trinajstić information content (AvgIpc) is 2.79. The minimum Gasteiger partial charge on any atom is -0.388 e. The topological polar surface area (TPSA) is 63.1 Å². The monoisotopic (exact) mass is 271 g/mol. The maximum atomic E-state index is 9.33. The lowest BCUT2D eigenvalue weighted by atomic mass is 9.86. The molecule has 2 N–H and O–H groups in total. The summed E-state index contributed by atoms with van der Waals surface area (Å²) < 4.78 is 8.51. The van der Waals surface area contributed by atoms with Gasteiger partial charge in [0.25, 0.3) is 0 Å². The number of aromatic amines is 1. The first kappa shape index (κ1) is 13.7. The summed E-state index contributed by atoms with van der Waals surface area (Å²) in [5.74, 6) is 0.619. The van der Waals surface area contributed by atoms with Gasteiger partial charge in [0.05, 0.1) is 5.60 Å². The first-order chi connectivity index (χ1) is 8.65. The third-order valence-corrected chi connectivity index (χ3v) is 4.33. The molecule has 0 aliphatic carbocycles. The molecule has 0 aromatic carbocycles. The fourth-order valence-electron chi connectivity index (χ4n) is 2.79. The maximum absolute atomic E-state index is 9.33. The standard InChI is InChI=1S/C12H21N3O2S/c1-3-12(4-2)7-9(5-6-17-12)15-10(8-16)13-14-11(15)18/h9,16H,3-8H2,1-2H3,(H,14,18). The van der Waals surface area contributed by atoms with Gasteiger partial charge in [0.2, 0.25) is 0 Å². The lowest BCUT2D eigenvalue weighted by Crippen LogP contribution is -2.39. The largest absolute Gasteiger partial charge is 0.388 e. The Balaban J connectivity index is 2.28. The Morgan fingerprint density at radius 3 is 2.89 bits per heavy atom. The summed E-state index contributed by atoms with van der Waals surface area (Å²) in [5.41, 5.74) is -0.0539. The summed E-state index contributed by atoms with van der Waals surface area (Å²) in [4.78, 5) is 0. The van der Waals surface area contributed by atoms with Gasteiger partial charge in [0, 0.05) is 12.6 Å². The Bertz CT molecular complexity index is 450. The number of aliphatic hydroxyl groups excluding tert-OH is 1. The number of aromatic nitrogens is 3. The Labute approximate surface area is 112 Å². The normalized spacial score (nSPS) is 23.2. The van der Waals surface area contributed by atoms with E-state index in [4.69, 9.17) is 17.0 Å². The molecule has 5 nitrogen and oxygen atoms in total. The molecule has 1 saturated heterocycles. The van der Waals surface area contributed by atoms with Crippen molar-refractivity contribution in [3.8, 4) is 0 Å². The minimum atomic E-state index is -0.0876. The highest BCUT2D eigenvalue weighted by atomic mass is 32.1. The van der Waals surface area contributed by atoms with Gasteiger partial charge < -0.3 is 9.84 Å². The molecule has 6 heteroatoms. The molecule has 0 bridgehead atoms. The van der Waals surface area contributed by atoms with E-state index in [1.54, 1.807) is 0 Å². The van der Waals surface area contributed by atoms with E-state index in [0.29, 0.717) is 10.6 Å². The predicted molar refractivity (Wildman–Crippen MR) is 70.9 cm³/mol. The molecule has 18 heavy (non-hydrogen) atoms. The molecule has 1 atom stereocenters. The Kier molecular flexibility index (Phi) is 4.19. The van der Waals surface area contributed by atoms with E-state index in [-0.39, 0.29) is 18.2 Å². The zero-order chi connectivity index (χ0) is 13.2. The number of nitrogens with zero attached hydrogens (tertiary/aromatic N) is 2. The van der Waals surface area contributed by atoms with E-state index in [2.05, 4.69) is 24.0 Å². The highest BCUT2D eigenvalue weighted by Gasteiger charge is 2.36. The smallest absolute Gasteiger partial charge is 0.195 e. The van der Waals surface area contributed by atoms with E-state index < -0.39 is 0 Å². The SMILES string of the molecule is CCC1(CC)CC(n2c(CO)n[nH]c2=S)CCO1. The van der Waals surface area contributed by atoms with Gasteiger partial charge in [-0.1, -0.05) is 13.8 Å². The molecule has 102 valence electrons. The van der Waals surface area contributed by atoms with Crippen LogP contribution in [0.2, 0.25) is 0 Å². The van der Waals surface area contributed by atoms with Crippen molar-refractivity contribution in [3.63, 3.8) is 0 Å². The molecular weight excluding hydrogens is 250 g/mol. The second-order valence-electron chi connectivity index (χ2n) is 4.86. The van der Waals surface area contributed by atoms with Crippen molar-refractivity contribution < 1.29 is 9.84 Å². The van der Waals surface area contributed by atoms with Gasteiger partial charge >= 0.3 is 0 Å². The lowest BCUT2D eigenvalue weighted by Gasteiger charge is -2.40. The third-order valence-electron chi connectivity index (χ3n) is 4.04. The summed E-state index contributed by atoms with van der Waals surface area (Å²) in [6, 6.07) is 0.270. The number of nitrogens with one attached hydrogen (secondary N) is 1. The van der Waals surface area contributed by atoms with Crippen LogP contribution in [0, 0.1) is 4.77 Å². The summed E-state index contributed by atoms with van der Waals surface area (Å²) in [7, 11) is 0. The van der Waals surface area contributed by atoms with Crippen molar-refractivity contribution in [1.29, 1.82) is 0 Å². The molecule has 1 aliphatic heterocycles. The van der Waals surface area contributed by atoms with Gasteiger partial charge in [-0.15, -0.1) is 0 Å². The van der Waals surface area contributed by atoms with E-state index >= 15 is 0 Å². The van der Waals surface area contributed by atoms with Crippen LogP contribution in [0.3, 0.4) is 0 Å². The van der Waals surface area contributed by atoms with E-state index in [9.17, 15) is 5.11 Å². The summed E-state index contributed by atoms with van der Waals surface area (Å²) in [6.45, 7) is 4.97. The summed E-state index contributed by atoms with van der Waals surface area (Å²) >= 11 is 5.26. The highest BCUT2D eigenvalue weighted by Crippen LogP contribution is 2.37. The zero-order valence-electron chi connectivity index (χ0n) is 11.0. The first-order valence-electron chi connectivity index (χ1n) is 6.56. The number of aliphatic hydroxyl groups is 1. The zero-order valence-corrected chi connectivity index (χ0v) is 11.8. The number of ether oxygens (including phenoxy) is 1. The number of H-pyrrole nitrogens is 1. The van der Waals surface area contributed by atoms with Crippen molar-refractivity contribution >= 4 is 12.2 Å². The van der Waals surface area contributed by atoms with Gasteiger partial charge in [0.15, 0.2) is 10.6 Å². The molecule has 0 saturated carbocycles. The Hall–Kier alpha value is -0.720. The first-order valence-corrected chi connectivity index (χ1v) is 6.97. The molecular formula is C12H21N3O2S. The summed E-state index contributed by atoms with van der Waals surface area (Å²) in [5, 5.41) is 16.2. The van der Waals surface area contributed by atoms with Gasteiger partial charge in [-0.25, -0.2) is 0 Å². The van der Waals surface area contributed by atoms with Crippen LogP contribution in [0.25, 0.3) is 0 Å². The van der Waals surface area contributed by atoms with Gasteiger partial charge in [0.1, 0.15) is 6.61 Å². The van der Waals surface area contributed by atoms with Crippen molar-refractivity contribution in [2.75, 3.05) is 6.61 Å². The quantitative estimate of drug-likeness (QED) is 0.825. The van der Waals surface area contributed by atoms with E-state index in [1.807, 2.05) is 4.57 Å². The second-order valence-corrected chi connectivity index (χ2v) is 5.25. The molecule has 1 aliphatic rings. The van der Waals surface area contributed by atoms with Crippen LogP contribution in [-0.2, 0) is 11.3 Å². The van der Waals surface area contributed by atoms with E-state index in [0.717, 1.165) is 32.3 Å². The van der Waals surface area contributed by atoms with Crippen LogP contribution < -0.4 is 0 Å². The van der Waals surface area contributed by atoms with Crippen molar-refractivity contribution in [2.24, 2.45) is 0 Å². The van der Waals surface area contributed by atoms with Gasteiger partial charge in [-0.05, 0) is 37.9 Å². The molecule has 0 spiro atoms. The highest BCUT2D eigenvalue weighted by molar-refractivity contribution is 7.71. The number of hydrogen-bond donors (Lipinski definition) is 2. The van der Waals surface area contributed by atoms with Crippen LogP contribution in [0.15, 0.2) is 0 Å². The maximum Gasteiger partial charge on any atom is 0.195 e. The molecule has 2 heterocycles. The molecule has 0 amide bonds. The van der Waals surface area contributed by atoms with Crippen LogP contribution in [-0.4, -0.2) is 32.1 Å². The van der Waals surface area contributed by atoms with Crippen molar-refractivity contribution in [1.82, 2.24) is 14.8 Å². The van der Waals surface area contributed by atoms with Crippen LogP contribution >= 0.6 is 12.2 Å². The van der Waals surface area contributed by atoms with Gasteiger partial charge in [-0.3, -0.25) is 9.67 Å². The molecule has 1 fully saturated rings. The molecule has 0 radical (unpaired) electrons. The fraction of sp³-hybridized carbons (Fsp3) is 0.833. The second kappa shape index (κ2) is 5.50. The molecule has 1 unspecified atom stereocenters. The number of rotatable bonds is 4. The van der Waals surface area contributed by atoms with Crippen molar-refractivity contribution in [2.45, 2.75) is 57.8 Å². The fourth-order valence-corrected chi connectivity index (χ4v) is 3.09. The molecule has 1 aromatic heterocycles. The van der Waals surface area contributed by atoms with Crippen LogP contribution in [0.4, 0.5) is 0 Å².